The van der Waals surface area contributed by atoms with E-state index in [1.807, 2.05) is 6.08 Å². The lowest BCUT2D eigenvalue weighted by Crippen LogP contribution is -2.00. The lowest BCUT2D eigenvalue weighted by molar-refractivity contribution is 0.177. The molecule has 1 aliphatic rings. The molecule has 0 fully saturated rings. The summed E-state index contributed by atoms with van der Waals surface area (Å²) in [6, 6.07) is 0. The third-order valence-electron chi connectivity index (χ3n) is 1.51. The molecule has 1 atom stereocenters. The Bertz CT molecular complexity index is 118. The van der Waals surface area contributed by atoms with E-state index >= 15 is 0 Å². The van der Waals surface area contributed by atoms with Crippen LogP contribution >= 0.6 is 0 Å². The molecule has 0 spiro atoms. The summed E-state index contributed by atoms with van der Waals surface area (Å²) in [5.41, 5.74) is 1.23. The second-order valence-corrected chi connectivity index (χ2v) is 2.39. The molecule has 0 aliphatic heterocycles. The molecule has 0 saturated carbocycles. The Labute approximate surface area is 55.1 Å². The molecule has 0 aromatic carbocycles. The Hall–Kier alpha value is -0.340. The van der Waals surface area contributed by atoms with Gasteiger partial charge in [0.1, 0.15) is 0 Å². The fraction of sp³-hybridized carbons (Fsp3) is 0.714. The van der Waals surface area contributed by atoms with Gasteiger partial charge in [0.2, 0.25) is 0 Å². The second kappa shape index (κ2) is 2.99. The zero-order valence-electron chi connectivity index (χ0n) is 5.63. The maximum atomic E-state index is 9.02. The number of hydrogen-bond acceptors (Lipinski definition) is 2. The zero-order valence-corrected chi connectivity index (χ0v) is 5.63. The first-order valence-corrected chi connectivity index (χ1v) is 3.18. The quantitative estimate of drug-likeness (QED) is 0.555. The first-order valence-electron chi connectivity index (χ1n) is 3.18. The van der Waals surface area contributed by atoms with Crippen LogP contribution in [-0.4, -0.2) is 24.9 Å². The summed E-state index contributed by atoms with van der Waals surface area (Å²) in [6.07, 6.45) is 3.51. The number of hydrogen-bond donors (Lipinski definition) is 1. The van der Waals surface area contributed by atoms with Crippen LogP contribution in [0.1, 0.15) is 12.8 Å². The molecule has 0 aromatic heterocycles. The van der Waals surface area contributed by atoms with Gasteiger partial charge in [0.15, 0.2) is 0 Å². The summed E-state index contributed by atoms with van der Waals surface area (Å²) in [5, 5.41) is 9.02. The molecular weight excluding hydrogens is 116 g/mol. The van der Waals surface area contributed by atoms with Crippen molar-refractivity contribution in [2.75, 3.05) is 13.7 Å². The molecule has 2 nitrogen and oxygen atoms in total. The van der Waals surface area contributed by atoms with Crippen LogP contribution < -0.4 is 0 Å². The van der Waals surface area contributed by atoms with E-state index in [4.69, 9.17) is 9.84 Å². The molecule has 0 aromatic rings. The molecule has 0 saturated heterocycles. The van der Waals surface area contributed by atoms with Gasteiger partial charge < -0.3 is 9.84 Å². The van der Waals surface area contributed by atoms with E-state index in [0.717, 1.165) is 12.8 Å². The van der Waals surface area contributed by atoms with Crippen molar-refractivity contribution in [2.45, 2.75) is 18.9 Å². The highest BCUT2D eigenvalue weighted by atomic mass is 16.5. The standard InChI is InChI=1S/C7H12O2/c1-9-5-6-2-3-7(8)4-6/h2,7-8H,3-5H2,1H3. The van der Waals surface area contributed by atoms with Crippen LogP contribution in [0.4, 0.5) is 0 Å². The third kappa shape index (κ3) is 1.80. The van der Waals surface area contributed by atoms with E-state index in [2.05, 4.69) is 0 Å². The molecule has 0 amide bonds. The van der Waals surface area contributed by atoms with Crippen LogP contribution in [0.2, 0.25) is 0 Å². The first kappa shape index (κ1) is 6.78. The van der Waals surface area contributed by atoms with E-state index in [-0.39, 0.29) is 6.10 Å². The average Bonchev–Trinajstić information content (AvgIpc) is 2.17. The smallest absolute Gasteiger partial charge is 0.0673 e. The fourth-order valence-electron chi connectivity index (χ4n) is 1.08. The molecule has 0 bridgehead atoms. The van der Waals surface area contributed by atoms with Gasteiger partial charge in [0.25, 0.3) is 0 Å². The van der Waals surface area contributed by atoms with E-state index in [0.29, 0.717) is 6.61 Å². The van der Waals surface area contributed by atoms with Crippen molar-refractivity contribution in [3.8, 4) is 0 Å². The molecule has 9 heavy (non-hydrogen) atoms. The summed E-state index contributed by atoms with van der Waals surface area (Å²) in [6.45, 7) is 0.678. The molecule has 0 heterocycles. The lowest BCUT2D eigenvalue weighted by atomic mass is 10.2. The van der Waals surface area contributed by atoms with Crippen molar-refractivity contribution in [3.63, 3.8) is 0 Å². The van der Waals surface area contributed by atoms with Gasteiger partial charge in [-0.1, -0.05) is 6.08 Å². The minimum Gasteiger partial charge on any atom is -0.392 e. The first-order chi connectivity index (χ1) is 4.33. The van der Waals surface area contributed by atoms with Gasteiger partial charge in [0.05, 0.1) is 12.7 Å². The maximum absolute atomic E-state index is 9.02. The Balaban J connectivity index is 2.27. The maximum Gasteiger partial charge on any atom is 0.0673 e. The zero-order chi connectivity index (χ0) is 6.69. The van der Waals surface area contributed by atoms with Gasteiger partial charge in [-0.3, -0.25) is 0 Å². The molecule has 1 unspecified atom stereocenters. The monoisotopic (exact) mass is 128 g/mol. The van der Waals surface area contributed by atoms with Crippen LogP contribution in [-0.2, 0) is 4.74 Å². The van der Waals surface area contributed by atoms with Crippen molar-refractivity contribution in [2.24, 2.45) is 0 Å². The van der Waals surface area contributed by atoms with Crippen LogP contribution in [0, 0.1) is 0 Å². The van der Waals surface area contributed by atoms with E-state index < -0.39 is 0 Å². The Morgan fingerprint density at radius 1 is 1.89 bits per heavy atom. The van der Waals surface area contributed by atoms with Crippen LogP contribution in [0.25, 0.3) is 0 Å². The number of aliphatic hydroxyl groups excluding tert-OH is 1. The summed E-state index contributed by atoms with van der Waals surface area (Å²) in [5.74, 6) is 0. The molecule has 2 heteroatoms. The lowest BCUT2D eigenvalue weighted by Gasteiger charge is -2.00. The van der Waals surface area contributed by atoms with Gasteiger partial charge >= 0.3 is 0 Å². The summed E-state index contributed by atoms with van der Waals surface area (Å²) in [4.78, 5) is 0. The Morgan fingerprint density at radius 3 is 3.11 bits per heavy atom. The molecular formula is C7H12O2. The predicted molar refractivity (Wildman–Crippen MR) is 35.2 cm³/mol. The van der Waals surface area contributed by atoms with Crippen molar-refractivity contribution in [1.29, 1.82) is 0 Å². The summed E-state index contributed by atoms with van der Waals surface area (Å²) >= 11 is 0. The van der Waals surface area contributed by atoms with Crippen LogP contribution in [0.15, 0.2) is 11.6 Å². The highest BCUT2D eigenvalue weighted by Crippen LogP contribution is 2.17. The molecule has 1 aliphatic carbocycles. The summed E-state index contributed by atoms with van der Waals surface area (Å²) in [7, 11) is 1.67. The van der Waals surface area contributed by atoms with E-state index in [1.54, 1.807) is 7.11 Å². The highest BCUT2D eigenvalue weighted by molar-refractivity contribution is 5.10. The van der Waals surface area contributed by atoms with Crippen molar-refractivity contribution in [3.05, 3.63) is 11.6 Å². The van der Waals surface area contributed by atoms with Crippen molar-refractivity contribution < 1.29 is 9.84 Å². The van der Waals surface area contributed by atoms with Gasteiger partial charge in [-0.15, -0.1) is 0 Å². The summed E-state index contributed by atoms with van der Waals surface area (Å²) < 4.78 is 4.89. The van der Waals surface area contributed by atoms with Gasteiger partial charge in [0, 0.05) is 7.11 Å². The van der Waals surface area contributed by atoms with Crippen molar-refractivity contribution >= 4 is 0 Å². The third-order valence-corrected chi connectivity index (χ3v) is 1.51. The highest BCUT2D eigenvalue weighted by Gasteiger charge is 2.12. The molecule has 1 rings (SSSR count). The molecule has 52 valence electrons. The van der Waals surface area contributed by atoms with Gasteiger partial charge in [-0.25, -0.2) is 0 Å². The minimum atomic E-state index is -0.143. The average molecular weight is 128 g/mol. The second-order valence-electron chi connectivity index (χ2n) is 2.39. The normalized spacial score (nSPS) is 26.4. The largest absolute Gasteiger partial charge is 0.392 e. The topological polar surface area (TPSA) is 29.5 Å². The molecule has 0 radical (unpaired) electrons. The Kier molecular flexibility index (Phi) is 2.25. The Morgan fingerprint density at radius 2 is 2.67 bits per heavy atom. The fourth-order valence-corrected chi connectivity index (χ4v) is 1.08. The van der Waals surface area contributed by atoms with E-state index in [1.165, 1.54) is 5.57 Å². The van der Waals surface area contributed by atoms with Gasteiger partial charge in [-0.2, -0.15) is 0 Å². The van der Waals surface area contributed by atoms with E-state index in [9.17, 15) is 0 Å². The minimum absolute atomic E-state index is 0.143. The SMILES string of the molecule is COCC1=CCC(O)C1. The number of rotatable bonds is 2. The number of methoxy groups -OCH3 is 1. The predicted octanol–water partition coefficient (Wildman–Crippen LogP) is 0.714. The molecule has 1 N–H and O–H groups in total. The number of aliphatic hydroxyl groups is 1. The van der Waals surface area contributed by atoms with Gasteiger partial charge in [-0.05, 0) is 18.4 Å². The van der Waals surface area contributed by atoms with Crippen molar-refractivity contribution in [1.82, 2.24) is 0 Å². The number of ether oxygens (including phenoxy) is 1. The van der Waals surface area contributed by atoms with Crippen LogP contribution in [0.3, 0.4) is 0 Å². The van der Waals surface area contributed by atoms with Crippen LogP contribution in [0.5, 0.6) is 0 Å².